The van der Waals surface area contributed by atoms with E-state index in [0.717, 1.165) is 16.8 Å². The Labute approximate surface area is 162 Å². The second kappa shape index (κ2) is 7.63. The summed E-state index contributed by atoms with van der Waals surface area (Å²) in [5.41, 5.74) is 2.94. The standard InChI is InChI=1S/C18H22N2O5S2/c1-11-5-3-6-13(12(11)2)20-14-9-27(24,25)10-15(14)26-18(20)19-16(21)7-4-8-17(22)23/h3,5-6,14-15H,4,7-10H2,1-2H3,(H,22,23)/p-1/t14-,15-/m0/s1. The molecule has 0 aliphatic carbocycles. The van der Waals surface area contributed by atoms with Gasteiger partial charge in [-0.15, -0.1) is 0 Å². The Bertz CT molecular complexity index is 910. The van der Waals surface area contributed by atoms with Crippen molar-refractivity contribution in [1.29, 1.82) is 0 Å². The molecule has 3 rings (SSSR count). The van der Waals surface area contributed by atoms with E-state index in [-0.39, 0.29) is 42.1 Å². The minimum Gasteiger partial charge on any atom is -0.550 e. The Morgan fingerprint density at radius 2 is 2.00 bits per heavy atom. The maximum Gasteiger partial charge on any atom is 0.248 e. The number of carboxylic acids is 1. The van der Waals surface area contributed by atoms with Crippen LogP contribution in [0.1, 0.15) is 30.4 Å². The van der Waals surface area contributed by atoms with Crippen molar-refractivity contribution in [3.63, 3.8) is 0 Å². The van der Waals surface area contributed by atoms with E-state index in [1.807, 2.05) is 36.9 Å². The van der Waals surface area contributed by atoms with E-state index < -0.39 is 21.7 Å². The molecule has 7 nitrogen and oxygen atoms in total. The van der Waals surface area contributed by atoms with E-state index in [4.69, 9.17) is 0 Å². The highest BCUT2D eigenvalue weighted by Gasteiger charge is 2.49. The number of amidine groups is 1. The van der Waals surface area contributed by atoms with Crippen LogP contribution in [-0.4, -0.2) is 48.3 Å². The van der Waals surface area contributed by atoms with Gasteiger partial charge in [-0.05, 0) is 43.9 Å². The third-order valence-corrected chi connectivity index (χ3v) is 8.10. The van der Waals surface area contributed by atoms with Crippen molar-refractivity contribution < 1.29 is 23.1 Å². The quantitative estimate of drug-likeness (QED) is 0.709. The number of nitrogens with zero attached hydrogens (tertiary/aromatic N) is 2. The second-order valence-electron chi connectivity index (χ2n) is 6.90. The fourth-order valence-electron chi connectivity index (χ4n) is 3.39. The Morgan fingerprint density at radius 3 is 2.70 bits per heavy atom. The van der Waals surface area contributed by atoms with Gasteiger partial charge in [0.25, 0.3) is 0 Å². The van der Waals surface area contributed by atoms with Crippen molar-refractivity contribution >= 4 is 44.3 Å². The molecule has 9 heteroatoms. The van der Waals surface area contributed by atoms with Gasteiger partial charge in [-0.3, -0.25) is 4.79 Å². The van der Waals surface area contributed by atoms with Crippen LogP contribution in [0.5, 0.6) is 0 Å². The van der Waals surface area contributed by atoms with Gasteiger partial charge in [-0.1, -0.05) is 23.9 Å². The molecule has 146 valence electrons. The molecule has 0 saturated carbocycles. The van der Waals surface area contributed by atoms with Crippen molar-refractivity contribution in [2.45, 2.75) is 44.4 Å². The zero-order valence-electron chi connectivity index (χ0n) is 15.2. The van der Waals surface area contributed by atoms with Gasteiger partial charge < -0.3 is 14.8 Å². The maximum atomic E-state index is 12.2. The number of anilines is 1. The number of hydrogen-bond donors (Lipinski definition) is 0. The predicted octanol–water partition coefficient (Wildman–Crippen LogP) is 0.825. The van der Waals surface area contributed by atoms with Crippen molar-refractivity contribution in [2.75, 3.05) is 16.4 Å². The Balaban J connectivity index is 1.91. The summed E-state index contributed by atoms with van der Waals surface area (Å²) >= 11 is 1.32. The molecule has 0 unspecified atom stereocenters. The lowest BCUT2D eigenvalue weighted by molar-refractivity contribution is -0.305. The first-order valence-electron chi connectivity index (χ1n) is 8.72. The third-order valence-electron chi connectivity index (χ3n) is 4.89. The fraction of sp³-hybridized carbons (Fsp3) is 0.500. The first kappa shape index (κ1) is 19.9. The SMILES string of the molecule is Cc1cccc(N2C(=NC(=O)CCCC(=O)[O-])S[C@H]3CS(=O)(=O)C[C@@H]32)c1C. The van der Waals surface area contributed by atoms with E-state index in [0.29, 0.717) is 5.17 Å². The fourth-order valence-corrected chi connectivity index (χ4v) is 7.31. The average molecular weight is 410 g/mol. The number of carbonyl (C=O) groups excluding carboxylic acids is 2. The summed E-state index contributed by atoms with van der Waals surface area (Å²) in [6.07, 6.45) is 0.00751. The number of hydrogen-bond acceptors (Lipinski definition) is 6. The number of rotatable bonds is 5. The van der Waals surface area contributed by atoms with E-state index in [1.54, 1.807) is 0 Å². The molecule has 2 fully saturated rings. The molecule has 27 heavy (non-hydrogen) atoms. The summed E-state index contributed by atoms with van der Waals surface area (Å²) in [4.78, 5) is 28.8. The van der Waals surface area contributed by atoms with Crippen LogP contribution in [0, 0.1) is 13.8 Å². The Hall–Kier alpha value is -1.87. The van der Waals surface area contributed by atoms with Crippen molar-refractivity contribution in [1.82, 2.24) is 0 Å². The van der Waals surface area contributed by atoms with E-state index in [2.05, 4.69) is 4.99 Å². The van der Waals surface area contributed by atoms with Crippen LogP contribution in [0.3, 0.4) is 0 Å². The largest absolute Gasteiger partial charge is 0.550 e. The van der Waals surface area contributed by atoms with Crippen LogP contribution in [0.15, 0.2) is 23.2 Å². The molecule has 0 radical (unpaired) electrons. The van der Waals surface area contributed by atoms with Gasteiger partial charge in [0.15, 0.2) is 15.0 Å². The molecule has 0 aromatic heterocycles. The normalized spacial score (nSPS) is 25.0. The highest BCUT2D eigenvalue weighted by Crippen LogP contribution is 2.42. The van der Waals surface area contributed by atoms with Crippen LogP contribution >= 0.6 is 11.8 Å². The molecule has 2 atom stereocenters. The lowest BCUT2D eigenvalue weighted by Crippen LogP contribution is -2.38. The van der Waals surface area contributed by atoms with E-state index in [9.17, 15) is 23.1 Å². The minimum atomic E-state index is -3.12. The summed E-state index contributed by atoms with van der Waals surface area (Å²) in [5.74, 6) is -1.49. The zero-order chi connectivity index (χ0) is 19.8. The summed E-state index contributed by atoms with van der Waals surface area (Å²) in [6, 6.07) is 5.53. The Kier molecular flexibility index (Phi) is 5.62. The van der Waals surface area contributed by atoms with Crippen LogP contribution in [-0.2, 0) is 19.4 Å². The number of aryl methyl sites for hydroxylation is 1. The van der Waals surface area contributed by atoms with Gasteiger partial charge >= 0.3 is 0 Å². The second-order valence-corrected chi connectivity index (χ2v) is 10.3. The predicted molar refractivity (Wildman–Crippen MR) is 104 cm³/mol. The average Bonchev–Trinajstić information content (AvgIpc) is 3.01. The lowest BCUT2D eigenvalue weighted by Gasteiger charge is -2.26. The van der Waals surface area contributed by atoms with Gasteiger partial charge in [0.2, 0.25) is 5.91 Å². The Morgan fingerprint density at radius 1 is 1.26 bits per heavy atom. The monoisotopic (exact) mass is 409 g/mol. The minimum absolute atomic E-state index is 0.0202. The molecule has 2 aliphatic rings. The molecule has 0 spiro atoms. The first-order valence-corrected chi connectivity index (χ1v) is 11.4. The number of thioether (sulfide) groups is 1. The summed E-state index contributed by atoms with van der Waals surface area (Å²) < 4.78 is 24.2. The third kappa shape index (κ3) is 4.35. The molecule has 0 N–H and O–H groups in total. The van der Waals surface area contributed by atoms with Gasteiger partial charge in [0, 0.05) is 23.3 Å². The zero-order valence-corrected chi connectivity index (χ0v) is 16.8. The van der Waals surface area contributed by atoms with Crippen LogP contribution in [0.4, 0.5) is 5.69 Å². The van der Waals surface area contributed by atoms with Gasteiger partial charge in [-0.25, -0.2) is 8.42 Å². The summed E-state index contributed by atoms with van der Waals surface area (Å²) in [6.45, 7) is 3.94. The summed E-state index contributed by atoms with van der Waals surface area (Å²) in [5, 5.41) is 10.8. The molecular weight excluding hydrogens is 388 g/mol. The van der Waals surface area contributed by atoms with Crippen LogP contribution < -0.4 is 10.0 Å². The van der Waals surface area contributed by atoms with Crippen molar-refractivity contribution in [3.8, 4) is 0 Å². The highest BCUT2D eigenvalue weighted by atomic mass is 32.2. The molecule has 2 heterocycles. The van der Waals surface area contributed by atoms with E-state index >= 15 is 0 Å². The topological polar surface area (TPSA) is 107 Å². The van der Waals surface area contributed by atoms with Gasteiger partial charge in [0.1, 0.15) is 0 Å². The number of fused-ring (bicyclic) bond motifs is 1. The highest BCUT2D eigenvalue weighted by molar-refractivity contribution is 8.16. The van der Waals surface area contributed by atoms with Gasteiger partial charge in [0.05, 0.1) is 17.5 Å². The number of sulfone groups is 1. The van der Waals surface area contributed by atoms with E-state index in [1.165, 1.54) is 11.8 Å². The smallest absolute Gasteiger partial charge is 0.248 e. The number of carboxylic acid groups (broad SMARTS) is 1. The van der Waals surface area contributed by atoms with Crippen LogP contribution in [0.25, 0.3) is 0 Å². The number of aliphatic carboxylic acids is 1. The van der Waals surface area contributed by atoms with Crippen molar-refractivity contribution in [2.24, 2.45) is 4.99 Å². The molecular formula is C18H21N2O5S2-. The molecule has 2 saturated heterocycles. The maximum absolute atomic E-state index is 12.2. The molecule has 1 aromatic rings. The van der Waals surface area contributed by atoms with Crippen LogP contribution in [0.2, 0.25) is 0 Å². The molecule has 2 aliphatic heterocycles. The molecule has 1 aromatic carbocycles. The number of benzene rings is 1. The first-order chi connectivity index (χ1) is 12.7. The van der Waals surface area contributed by atoms with Crippen molar-refractivity contribution in [3.05, 3.63) is 29.3 Å². The number of carbonyl (C=O) groups is 2. The molecule has 1 amide bonds. The lowest BCUT2D eigenvalue weighted by atomic mass is 10.1. The number of amides is 1. The summed E-state index contributed by atoms with van der Waals surface area (Å²) in [7, 11) is -3.12. The number of aliphatic imine (C=N–C) groups is 1. The van der Waals surface area contributed by atoms with Gasteiger partial charge in [-0.2, -0.15) is 4.99 Å². The molecule has 0 bridgehead atoms.